The van der Waals surface area contributed by atoms with Crippen LogP contribution in [-0.2, 0) is 9.84 Å². The van der Waals surface area contributed by atoms with Crippen LogP contribution < -0.4 is 15.4 Å². The molecule has 1 saturated heterocycles. The van der Waals surface area contributed by atoms with Crippen LogP contribution in [0.4, 0.5) is 10.5 Å². The molecule has 2 rings (SSSR count). The van der Waals surface area contributed by atoms with Gasteiger partial charge < -0.3 is 15.4 Å². The Balaban J connectivity index is 2.00. The van der Waals surface area contributed by atoms with Gasteiger partial charge >= 0.3 is 6.03 Å². The molecule has 1 fully saturated rings. The average molecular weight is 298 g/mol. The van der Waals surface area contributed by atoms with Gasteiger partial charge in [0.2, 0.25) is 0 Å². The molecular formula is C13H18N2O4S. The fraction of sp³-hybridized carbons (Fsp3) is 0.462. The van der Waals surface area contributed by atoms with Crippen molar-refractivity contribution in [3.63, 3.8) is 0 Å². The monoisotopic (exact) mass is 298 g/mol. The Morgan fingerprint density at radius 3 is 2.75 bits per heavy atom. The van der Waals surface area contributed by atoms with Crippen molar-refractivity contribution in [1.82, 2.24) is 5.32 Å². The van der Waals surface area contributed by atoms with Gasteiger partial charge in [-0.15, -0.1) is 0 Å². The summed E-state index contributed by atoms with van der Waals surface area (Å²) in [6.07, 6.45) is 0.459. The molecule has 0 unspecified atom stereocenters. The first-order chi connectivity index (χ1) is 9.39. The summed E-state index contributed by atoms with van der Waals surface area (Å²) in [6, 6.07) is 4.70. The summed E-state index contributed by atoms with van der Waals surface area (Å²) in [5, 5.41) is 5.36. The van der Waals surface area contributed by atoms with Crippen molar-refractivity contribution in [2.75, 3.05) is 23.9 Å². The molecule has 2 N–H and O–H groups in total. The minimum atomic E-state index is -3.00. The van der Waals surface area contributed by atoms with E-state index in [9.17, 15) is 13.2 Å². The quantitative estimate of drug-likeness (QED) is 0.881. The Morgan fingerprint density at radius 2 is 2.15 bits per heavy atom. The maximum atomic E-state index is 11.9. The smallest absolute Gasteiger partial charge is 0.319 e. The van der Waals surface area contributed by atoms with E-state index in [1.165, 1.54) is 7.11 Å². The molecule has 1 aliphatic rings. The van der Waals surface area contributed by atoms with Crippen molar-refractivity contribution in [3.05, 3.63) is 23.8 Å². The number of ether oxygens (including phenoxy) is 1. The van der Waals surface area contributed by atoms with E-state index >= 15 is 0 Å². The number of methoxy groups -OCH3 is 1. The number of hydrogen-bond acceptors (Lipinski definition) is 4. The lowest BCUT2D eigenvalue weighted by Gasteiger charge is -2.14. The highest BCUT2D eigenvalue weighted by Gasteiger charge is 2.29. The number of amides is 2. The Bertz CT molecular complexity index is 613. The zero-order chi connectivity index (χ0) is 14.8. The van der Waals surface area contributed by atoms with E-state index in [0.717, 1.165) is 5.56 Å². The van der Waals surface area contributed by atoms with E-state index in [4.69, 9.17) is 4.74 Å². The van der Waals surface area contributed by atoms with Crippen LogP contribution in [-0.4, -0.2) is 39.1 Å². The van der Waals surface area contributed by atoms with Gasteiger partial charge in [0.25, 0.3) is 0 Å². The molecule has 0 saturated carbocycles. The lowest BCUT2D eigenvalue weighted by molar-refractivity contribution is 0.249. The highest BCUT2D eigenvalue weighted by molar-refractivity contribution is 7.91. The predicted molar refractivity (Wildman–Crippen MR) is 76.9 cm³/mol. The van der Waals surface area contributed by atoms with Gasteiger partial charge in [-0.05, 0) is 31.0 Å². The highest BCUT2D eigenvalue weighted by Crippen LogP contribution is 2.25. The molecule has 2 amide bonds. The maximum absolute atomic E-state index is 11.9. The number of aryl methyl sites for hydroxylation is 1. The molecule has 0 radical (unpaired) electrons. The minimum absolute atomic E-state index is 0.00533. The third-order valence-corrected chi connectivity index (χ3v) is 4.94. The Kier molecular flexibility index (Phi) is 4.17. The summed E-state index contributed by atoms with van der Waals surface area (Å²) < 4.78 is 27.8. The lowest BCUT2D eigenvalue weighted by Crippen LogP contribution is -2.38. The van der Waals surface area contributed by atoms with Crippen LogP contribution in [0.15, 0.2) is 18.2 Å². The molecule has 7 heteroatoms. The Hall–Kier alpha value is -1.76. The Morgan fingerprint density at radius 1 is 1.40 bits per heavy atom. The van der Waals surface area contributed by atoms with E-state index in [-0.39, 0.29) is 17.5 Å². The molecule has 1 heterocycles. The first-order valence-electron chi connectivity index (χ1n) is 6.32. The summed E-state index contributed by atoms with van der Waals surface area (Å²) in [6.45, 7) is 1.91. The van der Waals surface area contributed by atoms with E-state index in [1.54, 1.807) is 12.1 Å². The van der Waals surface area contributed by atoms with Crippen LogP contribution in [0.25, 0.3) is 0 Å². The van der Waals surface area contributed by atoms with E-state index in [0.29, 0.717) is 17.9 Å². The molecule has 0 bridgehead atoms. The summed E-state index contributed by atoms with van der Waals surface area (Å²) >= 11 is 0. The topological polar surface area (TPSA) is 84.5 Å². The molecular weight excluding hydrogens is 280 g/mol. The van der Waals surface area contributed by atoms with Crippen LogP contribution >= 0.6 is 0 Å². The second-order valence-corrected chi connectivity index (χ2v) is 7.13. The van der Waals surface area contributed by atoms with Crippen molar-refractivity contribution in [2.24, 2.45) is 0 Å². The van der Waals surface area contributed by atoms with E-state index in [2.05, 4.69) is 10.6 Å². The van der Waals surface area contributed by atoms with Crippen LogP contribution in [0.1, 0.15) is 12.0 Å². The average Bonchev–Trinajstić information content (AvgIpc) is 2.68. The molecule has 1 aromatic carbocycles. The molecule has 110 valence electrons. The molecule has 0 aliphatic carbocycles. The molecule has 1 atom stereocenters. The minimum Gasteiger partial charge on any atom is -0.495 e. The van der Waals surface area contributed by atoms with Crippen molar-refractivity contribution in [3.8, 4) is 5.75 Å². The summed E-state index contributed by atoms with van der Waals surface area (Å²) in [5.74, 6) is 0.696. The summed E-state index contributed by atoms with van der Waals surface area (Å²) in [5.41, 5.74) is 1.55. The van der Waals surface area contributed by atoms with Crippen LogP contribution in [0.2, 0.25) is 0 Å². The third kappa shape index (κ3) is 3.63. The second kappa shape index (κ2) is 5.70. The van der Waals surface area contributed by atoms with E-state index in [1.807, 2.05) is 13.0 Å². The number of rotatable bonds is 3. The number of nitrogens with one attached hydrogen (secondary N) is 2. The zero-order valence-corrected chi connectivity index (χ0v) is 12.3. The first kappa shape index (κ1) is 14.6. The number of hydrogen-bond donors (Lipinski definition) is 2. The van der Waals surface area contributed by atoms with Crippen LogP contribution in [0.3, 0.4) is 0 Å². The van der Waals surface area contributed by atoms with Gasteiger partial charge in [-0.3, -0.25) is 0 Å². The predicted octanol–water partition coefficient (Wildman–Crippen LogP) is 1.31. The van der Waals surface area contributed by atoms with Crippen LogP contribution in [0.5, 0.6) is 5.75 Å². The number of carbonyl (C=O) groups is 1. The number of urea groups is 1. The largest absolute Gasteiger partial charge is 0.495 e. The van der Waals surface area contributed by atoms with Crippen molar-refractivity contribution in [1.29, 1.82) is 0 Å². The Labute approximate surface area is 118 Å². The van der Waals surface area contributed by atoms with Gasteiger partial charge in [0.15, 0.2) is 9.84 Å². The van der Waals surface area contributed by atoms with Gasteiger partial charge in [0, 0.05) is 6.04 Å². The normalized spacial score (nSPS) is 20.4. The van der Waals surface area contributed by atoms with Gasteiger partial charge in [-0.1, -0.05) is 6.07 Å². The van der Waals surface area contributed by atoms with Gasteiger partial charge in [0.1, 0.15) is 5.75 Å². The first-order valence-corrected chi connectivity index (χ1v) is 8.14. The number of sulfone groups is 1. The highest BCUT2D eigenvalue weighted by atomic mass is 32.2. The fourth-order valence-electron chi connectivity index (χ4n) is 2.17. The summed E-state index contributed by atoms with van der Waals surface area (Å²) in [7, 11) is -1.48. The standard InChI is InChI=1S/C13H18N2O4S/c1-9-3-4-12(19-2)11(7-9)15-13(16)14-10-5-6-20(17,18)8-10/h3-4,7,10H,5-6,8H2,1-2H3,(H2,14,15,16)/t10-/m0/s1. The van der Waals surface area contributed by atoms with Crippen molar-refractivity contribution in [2.45, 2.75) is 19.4 Å². The molecule has 1 aliphatic heterocycles. The molecule has 6 nitrogen and oxygen atoms in total. The lowest BCUT2D eigenvalue weighted by atomic mass is 10.2. The third-order valence-electron chi connectivity index (χ3n) is 3.17. The van der Waals surface area contributed by atoms with Crippen molar-refractivity contribution < 1.29 is 17.9 Å². The molecule has 0 spiro atoms. The number of anilines is 1. The fourth-order valence-corrected chi connectivity index (χ4v) is 3.85. The van der Waals surface area contributed by atoms with Gasteiger partial charge in [0.05, 0.1) is 24.3 Å². The molecule has 20 heavy (non-hydrogen) atoms. The van der Waals surface area contributed by atoms with Gasteiger partial charge in [-0.2, -0.15) is 0 Å². The number of carbonyl (C=O) groups excluding carboxylic acids is 1. The molecule has 0 aromatic heterocycles. The van der Waals surface area contributed by atoms with E-state index < -0.39 is 15.9 Å². The zero-order valence-electron chi connectivity index (χ0n) is 11.5. The SMILES string of the molecule is COc1ccc(C)cc1NC(=O)N[C@H]1CCS(=O)(=O)C1. The summed E-state index contributed by atoms with van der Waals surface area (Å²) in [4.78, 5) is 11.9. The number of benzene rings is 1. The van der Waals surface area contributed by atoms with Gasteiger partial charge in [-0.25, -0.2) is 13.2 Å². The maximum Gasteiger partial charge on any atom is 0.319 e. The van der Waals surface area contributed by atoms with Crippen molar-refractivity contribution >= 4 is 21.6 Å². The second-order valence-electron chi connectivity index (χ2n) is 4.90. The van der Waals surface area contributed by atoms with Crippen LogP contribution in [0, 0.1) is 6.92 Å². The molecule has 1 aromatic rings.